The highest BCUT2D eigenvalue weighted by Crippen LogP contribution is 2.47. The molecular formula is C16H25NO5. The first-order chi connectivity index (χ1) is 10.2. The number of hydrogen-bond acceptors (Lipinski definition) is 5. The third-order valence-corrected chi connectivity index (χ3v) is 4.51. The van der Waals surface area contributed by atoms with Crippen LogP contribution >= 0.6 is 0 Å². The molecule has 0 aromatic carbocycles. The molecule has 6 heteroatoms. The molecule has 1 saturated carbocycles. The molecule has 6 nitrogen and oxygen atoms in total. The highest BCUT2D eigenvalue weighted by molar-refractivity contribution is 6.00. The monoisotopic (exact) mass is 311 g/mol. The zero-order valence-electron chi connectivity index (χ0n) is 13.8. The molecule has 124 valence electrons. The second-order valence-corrected chi connectivity index (χ2v) is 7.29. The Kier molecular flexibility index (Phi) is 4.49. The first-order valence-electron chi connectivity index (χ1n) is 7.77. The summed E-state index contributed by atoms with van der Waals surface area (Å²) in [6.07, 6.45) is 2.18. The van der Waals surface area contributed by atoms with E-state index in [0.717, 1.165) is 12.8 Å². The summed E-state index contributed by atoms with van der Waals surface area (Å²) in [5.41, 5.74) is -1.05. The quantitative estimate of drug-likeness (QED) is 0.548. The summed E-state index contributed by atoms with van der Waals surface area (Å²) in [5, 5.41) is 0. The number of Topliss-reactive ketones (excluding diaryl/α,β-unsaturated/α-hetero) is 1. The summed E-state index contributed by atoms with van der Waals surface area (Å²) in [6.45, 7) is 6.34. The lowest BCUT2D eigenvalue weighted by molar-refractivity contribution is -0.157. The van der Waals surface area contributed by atoms with Crippen molar-refractivity contribution in [2.24, 2.45) is 11.3 Å². The van der Waals surface area contributed by atoms with E-state index in [1.807, 2.05) is 20.8 Å². The Morgan fingerprint density at radius 1 is 1.27 bits per heavy atom. The largest absolute Gasteiger partial charge is 0.468 e. The van der Waals surface area contributed by atoms with Gasteiger partial charge in [-0.3, -0.25) is 9.59 Å². The maximum Gasteiger partial charge on any atom is 0.410 e. The van der Waals surface area contributed by atoms with Crippen LogP contribution in [0.4, 0.5) is 4.79 Å². The maximum atomic E-state index is 12.2. The Morgan fingerprint density at radius 3 is 2.55 bits per heavy atom. The van der Waals surface area contributed by atoms with Crippen molar-refractivity contribution >= 4 is 17.8 Å². The summed E-state index contributed by atoms with van der Waals surface area (Å²) in [5.74, 6) is -1.29. The SMILES string of the molecule is COC(=O)C1C(=O)CCCC12CCN(C(=O)OC(C)(C)C)C2. The standard InChI is InChI=1S/C16H25NO5/c1-15(2,3)22-14(20)17-9-8-16(10-17)7-5-6-11(18)12(16)13(19)21-4/h12H,5-10H2,1-4H3. The number of ether oxygens (including phenoxy) is 2. The van der Waals surface area contributed by atoms with E-state index in [9.17, 15) is 14.4 Å². The van der Waals surface area contributed by atoms with Gasteiger partial charge in [0.2, 0.25) is 0 Å². The molecule has 0 N–H and O–H groups in total. The Morgan fingerprint density at radius 2 is 1.95 bits per heavy atom. The van der Waals surface area contributed by atoms with Gasteiger partial charge in [-0.25, -0.2) is 4.79 Å². The van der Waals surface area contributed by atoms with Gasteiger partial charge >= 0.3 is 12.1 Å². The number of nitrogens with zero attached hydrogens (tertiary/aromatic N) is 1. The number of likely N-dealkylation sites (tertiary alicyclic amines) is 1. The molecule has 1 amide bonds. The predicted molar refractivity (Wildman–Crippen MR) is 79.2 cm³/mol. The van der Waals surface area contributed by atoms with Gasteiger partial charge in [0.15, 0.2) is 0 Å². The van der Waals surface area contributed by atoms with Crippen LogP contribution < -0.4 is 0 Å². The lowest BCUT2D eigenvalue weighted by Crippen LogP contribution is -2.47. The average molecular weight is 311 g/mol. The second kappa shape index (κ2) is 5.89. The first-order valence-corrected chi connectivity index (χ1v) is 7.77. The van der Waals surface area contributed by atoms with Crippen molar-refractivity contribution < 1.29 is 23.9 Å². The molecule has 0 aromatic heterocycles. The number of carbonyl (C=O) groups is 3. The molecule has 2 atom stereocenters. The van der Waals surface area contributed by atoms with Crippen molar-refractivity contribution in [3.8, 4) is 0 Å². The molecule has 0 aromatic rings. The van der Waals surface area contributed by atoms with E-state index in [1.54, 1.807) is 4.90 Å². The minimum absolute atomic E-state index is 0.0656. The van der Waals surface area contributed by atoms with Crippen molar-refractivity contribution in [2.75, 3.05) is 20.2 Å². The topological polar surface area (TPSA) is 72.9 Å². The van der Waals surface area contributed by atoms with Crippen molar-refractivity contribution in [3.05, 3.63) is 0 Å². The number of amides is 1. The molecule has 1 aliphatic heterocycles. The summed E-state index contributed by atoms with van der Waals surface area (Å²) in [4.78, 5) is 38.1. The zero-order valence-corrected chi connectivity index (χ0v) is 13.8. The van der Waals surface area contributed by atoms with Crippen LogP contribution in [0.3, 0.4) is 0 Å². The average Bonchev–Trinajstić information content (AvgIpc) is 2.81. The Labute approximate surface area is 131 Å². The van der Waals surface area contributed by atoms with Gasteiger partial charge in [-0.05, 0) is 40.0 Å². The number of ketones is 1. The van der Waals surface area contributed by atoms with Gasteiger partial charge in [-0.2, -0.15) is 0 Å². The highest BCUT2D eigenvalue weighted by atomic mass is 16.6. The van der Waals surface area contributed by atoms with Gasteiger partial charge < -0.3 is 14.4 Å². The van der Waals surface area contributed by atoms with E-state index in [-0.39, 0.29) is 11.9 Å². The van der Waals surface area contributed by atoms with Crippen LogP contribution in [0, 0.1) is 11.3 Å². The Bertz CT molecular complexity index is 473. The number of carbonyl (C=O) groups excluding carboxylic acids is 3. The Balaban J connectivity index is 2.15. The fourth-order valence-corrected chi connectivity index (χ4v) is 3.56. The molecule has 1 spiro atoms. The van der Waals surface area contributed by atoms with Crippen molar-refractivity contribution in [3.63, 3.8) is 0 Å². The predicted octanol–water partition coefficient (Wildman–Crippen LogP) is 2.16. The van der Waals surface area contributed by atoms with Crippen molar-refractivity contribution in [2.45, 2.75) is 52.1 Å². The van der Waals surface area contributed by atoms with Crippen LogP contribution in [-0.4, -0.2) is 48.5 Å². The minimum Gasteiger partial charge on any atom is -0.468 e. The normalized spacial score (nSPS) is 28.8. The third kappa shape index (κ3) is 3.25. The molecule has 2 aliphatic rings. The molecule has 22 heavy (non-hydrogen) atoms. The summed E-state index contributed by atoms with van der Waals surface area (Å²) >= 11 is 0. The van der Waals surface area contributed by atoms with Gasteiger partial charge in [-0.15, -0.1) is 0 Å². The van der Waals surface area contributed by atoms with E-state index in [0.29, 0.717) is 25.9 Å². The minimum atomic E-state index is -0.751. The number of hydrogen-bond donors (Lipinski definition) is 0. The van der Waals surface area contributed by atoms with Crippen LogP contribution in [0.15, 0.2) is 0 Å². The molecular weight excluding hydrogens is 286 g/mol. The lowest BCUT2D eigenvalue weighted by Gasteiger charge is -2.38. The lowest BCUT2D eigenvalue weighted by atomic mass is 9.65. The molecule has 2 unspecified atom stereocenters. The van der Waals surface area contributed by atoms with Gasteiger partial charge in [0.05, 0.1) is 7.11 Å². The second-order valence-electron chi connectivity index (χ2n) is 7.29. The van der Waals surface area contributed by atoms with Crippen LogP contribution in [0.2, 0.25) is 0 Å². The van der Waals surface area contributed by atoms with Gasteiger partial charge in [0.1, 0.15) is 17.3 Å². The highest BCUT2D eigenvalue weighted by Gasteiger charge is 2.54. The fraction of sp³-hybridized carbons (Fsp3) is 0.812. The number of esters is 1. The van der Waals surface area contributed by atoms with Crippen LogP contribution in [0.1, 0.15) is 46.5 Å². The van der Waals surface area contributed by atoms with Crippen molar-refractivity contribution in [1.29, 1.82) is 0 Å². The summed E-state index contributed by atoms with van der Waals surface area (Å²) in [7, 11) is 1.30. The molecule has 0 radical (unpaired) electrons. The third-order valence-electron chi connectivity index (χ3n) is 4.51. The number of methoxy groups -OCH3 is 1. The van der Waals surface area contributed by atoms with E-state index < -0.39 is 22.9 Å². The van der Waals surface area contributed by atoms with Gasteiger partial charge in [0.25, 0.3) is 0 Å². The Hall–Kier alpha value is -1.59. The zero-order chi connectivity index (χ0) is 16.5. The van der Waals surface area contributed by atoms with Crippen LogP contribution in [0.25, 0.3) is 0 Å². The van der Waals surface area contributed by atoms with E-state index in [2.05, 4.69) is 0 Å². The maximum absolute atomic E-state index is 12.2. The molecule has 1 heterocycles. The molecule has 0 bridgehead atoms. The molecule has 2 fully saturated rings. The smallest absolute Gasteiger partial charge is 0.410 e. The first kappa shape index (κ1) is 16.8. The molecule has 1 aliphatic carbocycles. The van der Waals surface area contributed by atoms with Crippen LogP contribution in [-0.2, 0) is 19.1 Å². The van der Waals surface area contributed by atoms with Gasteiger partial charge in [0, 0.05) is 24.9 Å². The number of rotatable bonds is 1. The van der Waals surface area contributed by atoms with Crippen LogP contribution in [0.5, 0.6) is 0 Å². The van der Waals surface area contributed by atoms with Gasteiger partial charge in [-0.1, -0.05) is 0 Å². The summed E-state index contributed by atoms with van der Waals surface area (Å²) < 4.78 is 10.2. The van der Waals surface area contributed by atoms with E-state index in [4.69, 9.17) is 9.47 Å². The summed E-state index contributed by atoms with van der Waals surface area (Å²) in [6, 6.07) is 0. The molecule has 1 saturated heterocycles. The fourth-order valence-electron chi connectivity index (χ4n) is 3.56. The van der Waals surface area contributed by atoms with E-state index >= 15 is 0 Å². The van der Waals surface area contributed by atoms with E-state index in [1.165, 1.54) is 7.11 Å². The van der Waals surface area contributed by atoms with Crippen molar-refractivity contribution in [1.82, 2.24) is 4.90 Å². The molecule has 2 rings (SSSR count).